The van der Waals surface area contributed by atoms with Gasteiger partial charge in [0.25, 0.3) is 5.91 Å². The van der Waals surface area contributed by atoms with E-state index in [0.29, 0.717) is 5.95 Å². The van der Waals surface area contributed by atoms with Crippen molar-refractivity contribution >= 4 is 33.7 Å². The molecule has 0 bridgehead atoms. The zero-order valence-corrected chi connectivity index (χ0v) is 11.0. The lowest BCUT2D eigenvalue weighted by atomic mass is 9.99. The van der Waals surface area contributed by atoms with Gasteiger partial charge in [-0.15, -0.1) is 0 Å². The molecule has 0 atom stereocenters. The SMILES string of the molecule is CC1(C)C(=O)NC(=O)CN1c1ncc(Br)cn1. The van der Waals surface area contributed by atoms with E-state index in [0.717, 1.165) is 4.47 Å². The summed E-state index contributed by atoms with van der Waals surface area (Å²) in [5.74, 6) is -0.331. The van der Waals surface area contributed by atoms with Crippen LogP contribution < -0.4 is 10.2 Å². The van der Waals surface area contributed by atoms with Crippen LogP contribution in [-0.2, 0) is 9.59 Å². The molecule has 7 heteroatoms. The fourth-order valence-corrected chi connectivity index (χ4v) is 1.75. The topological polar surface area (TPSA) is 75.2 Å². The third-order valence-corrected chi connectivity index (χ3v) is 3.04. The number of piperazine rings is 1. The minimum Gasteiger partial charge on any atom is -0.317 e. The van der Waals surface area contributed by atoms with E-state index in [9.17, 15) is 9.59 Å². The molecule has 0 unspecified atom stereocenters. The molecule has 1 N–H and O–H groups in total. The second-order valence-electron chi connectivity index (χ2n) is 4.22. The average Bonchev–Trinajstić information content (AvgIpc) is 2.25. The predicted octanol–water partition coefficient (Wildman–Crippen LogP) is 0.480. The van der Waals surface area contributed by atoms with Crippen LogP contribution in [-0.4, -0.2) is 33.9 Å². The van der Waals surface area contributed by atoms with Gasteiger partial charge in [0.1, 0.15) is 12.1 Å². The Bertz CT molecular complexity index is 472. The molecule has 0 aromatic carbocycles. The Hall–Kier alpha value is -1.50. The number of rotatable bonds is 1. The highest BCUT2D eigenvalue weighted by atomic mass is 79.9. The molecule has 6 nitrogen and oxygen atoms in total. The number of carbonyl (C=O) groups is 2. The van der Waals surface area contributed by atoms with Crippen molar-refractivity contribution < 1.29 is 9.59 Å². The zero-order chi connectivity index (χ0) is 12.6. The Morgan fingerprint density at radius 1 is 1.35 bits per heavy atom. The van der Waals surface area contributed by atoms with Crippen LogP contribution in [0.4, 0.5) is 5.95 Å². The van der Waals surface area contributed by atoms with Gasteiger partial charge in [-0.3, -0.25) is 14.9 Å². The summed E-state index contributed by atoms with van der Waals surface area (Å²) < 4.78 is 0.742. The minimum absolute atomic E-state index is 0.0698. The zero-order valence-electron chi connectivity index (χ0n) is 9.40. The minimum atomic E-state index is -0.845. The van der Waals surface area contributed by atoms with E-state index in [1.807, 2.05) is 0 Å². The molecular weight excluding hydrogens is 288 g/mol. The maximum absolute atomic E-state index is 11.7. The van der Waals surface area contributed by atoms with E-state index in [1.54, 1.807) is 31.1 Å². The number of carbonyl (C=O) groups excluding carboxylic acids is 2. The van der Waals surface area contributed by atoms with Gasteiger partial charge < -0.3 is 4.90 Å². The number of hydrogen-bond donors (Lipinski definition) is 1. The number of aromatic nitrogens is 2. The second-order valence-corrected chi connectivity index (χ2v) is 5.14. The van der Waals surface area contributed by atoms with E-state index in [1.165, 1.54) is 0 Å². The normalized spacial score (nSPS) is 19.1. The van der Waals surface area contributed by atoms with Crippen LogP contribution in [0.3, 0.4) is 0 Å². The van der Waals surface area contributed by atoms with Crippen molar-refractivity contribution in [2.45, 2.75) is 19.4 Å². The quantitative estimate of drug-likeness (QED) is 0.763. The fraction of sp³-hybridized carbons (Fsp3) is 0.400. The molecule has 0 aliphatic carbocycles. The number of imide groups is 1. The lowest BCUT2D eigenvalue weighted by Crippen LogP contribution is -2.64. The monoisotopic (exact) mass is 298 g/mol. The van der Waals surface area contributed by atoms with Crippen molar-refractivity contribution in [1.82, 2.24) is 15.3 Å². The van der Waals surface area contributed by atoms with Gasteiger partial charge in [-0.2, -0.15) is 0 Å². The molecule has 1 aromatic heterocycles. The van der Waals surface area contributed by atoms with Gasteiger partial charge in [0.05, 0.1) is 4.47 Å². The molecule has 1 aromatic rings. The largest absolute Gasteiger partial charge is 0.317 e. The lowest BCUT2D eigenvalue weighted by Gasteiger charge is -2.39. The Morgan fingerprint density at radius 3 is 2.53 bits per heavy atom. The number of nitrogens with zero attached hydrogens (tertiary/aromatic N) is 3. The molecule has 0 spiro atoms. The third kappa shape index (κ3) is 2.14. The first-order valence-electron chi connectivity index (χ1n) is 5.01. The van der Waals surface area contributed by atoms with Crippen molar-refractivity contribution in [2.24, 2.45) is 0 Å². The lowest BCUT2D eigenvalue weighted by molar-refractivity contribution is -0.135. The predicted molar refractivity (Wildman–Crippen MR) is 64.3 cm³/mol. The Morgan fingerprint density at radius 2 is 1.94 bits per heavy atom. The molecule has 17 heavy (non-hydrogen) atoms. The summed E-state index contributed by atoms with van der Waals surface area (Å²) in [6.07, 6.45) is 3.16. The number of amides is 2. The van der Waals surface area contributed by atoms with Gasteiger partial charge in [0, 0.05) is 12.4 Å². The van der Waals surface area contributed by atoms with E-state index >= 15 is 0 Å². The van der Waals surface area contributed by atoms with Crippen LogP contribution in [0.2, 0.25) is 0 Å². The highest BCUT2D eigenvalue weighted by molar-refractivity contribution is 9.10. The van der Waals surface area contributed by atoms with Gasteiger partial charge in [-0.1, -0.05) is 0 Å². The molecule has 1 aliphatic rings. The smallest absolute Gasteiger partial charge is 0.252 e. The molecule has 90 valence electrons. The van der Waals surface area contributed by atoms with Crippen molar-refractivity contribution in [3.05, 3.63) is 16.9 Å². The fourth-order valence-electron chi connectivity index (χ4n) is 1.55. The summed E-state index contributed by atoms with van der Waals surface area (Å²) in [5.41, 5.74) is -0.845. The van der Waals surface area contributed by atoms with Crippen molar-refractivity contribution in [1.29, 1.82) is 0 Å². The van der Waals surface area contributed by atoms with E-state index in [4.69, 9.17) is 0 Å². The number of anilines is 1. The number of hydrogen-bond acceptors (Lipinski definition) is 5. The highest BCUT2D eigenvalue weighted by Gasteiger charge is 2.42. The molecule has 2 rings (SSSR count). The Labute approximate surface area is 107 Å². The molecular formula is C10H11BrN4O2. The molecule has 1 aliphatic heterocycles. The van der Waals surface area contributed by atoms with Gasteiger partial charge in [0.2, 0.25) is 11.9 Å². The van der Waals surface area contributed by atoms with Crippen molar-refractivity contribution in [3.8, 4) is 0 Å². The van der Waals surface area contributed by atoms with Crippen molar-refractivity contribution in [2.75, 3.05) is 11.4 Å². The standard InChI is InChI=1S/C10H11BrN4O2/c1-10(2)8(17)14-7(16)5-15(10)9-12-3-6(11)4-13-9/h3-4H,5H2,1-2H3,(H,14,16,17). The van der Waals surface area contributed by atoms with Gasteiger partial charge >= 0.3 is 0 Å². The van der Waals surface area contributed by atoms with Crippen LogP contribution in [0.25, 0.3) is 0 Å². The summed E-state index contributed by atoms with van der Waals surface area (Å²) in [6.45, 7) is 3.51. The molecule has 2 heterocycles. The highest BCUT2D eigenvalue weighted by Crippen LogP contribution is 2.23. The van der Waals surface area contributed by atoms with Crippen LogP contribution >= 0.6 is 15.9 Å². The van der Waals surface area contributed by atoms with Crippen LogP contribution in [0.5, 0.6) is 0 Å². The van der Waals surface area contributed by atoms with E-state index < -0.39 is 5.54 Å². The third-order valence-electron chi connectivity index (χ3n) is 2.63. The number of halogens is 1. The molecule has 0 saturated carbocycles. The second kappa shape index (κ2) is 4.06. The number of nitrogens with one attached hydrogen (secondary N) is 1. The van der Waals surface area contributed by atoms with Gasteiger partial charge in [-0.05, 0) is 29.8 Å². The van der Waals surface area contributed by atoms with E-state index in [-0.39, 0.29) is 18.4 Å². The first kappa shape index (κ1) is 12.0. The van der Waals surface area contributed by atoms with Crippen molar-refractivity contribution in [3.63, 3.8) is 0 Å². The average molecular weight is 299 g/mol. The first-order chi connectivity index (χ1) is 7.91. The van der Waals surface area contributed by atoms with Gasteiger partial charge in [0.15, 0.2) is 0 Å². The summed E-state index contributed by atoms with van der Waals surface area (Å²) in [5, 5.41) is 2.30. The Balaban J connectivity index is 2.38. The Kier molecular flexibility index (Phi) is 2.86. The maximum atomic E-state index is 11.7. The first-order valence-corrected chi connectivity index (χ1v) is 5.80. The van der Waals surface area contributed by atoms with E-state index in [2.05, 4.69) is 31.2 Å². The summed E-state index contributed by atoms with van der Waals surface area (Å²) in [6, 6.07) is 0. The molecule has 1 saturated heterocycles. The van der Waals surface area contributed by atoms with Crippen LogP contribution in [0.1, 0.15) is 13.8 Å². The van der Waals surface area contributed by atoms with Gasteiger partial charge in [-0.25, -0.2) is 9.97 Å². The molecule has 2 amide bonds. The van der Waals surface area contributed by atoms with Crippen LogP contribution in [0, 0.1) is 0 Å². The van der Waals surface area contributed by atoms with Crippen LogP contribution in [0.15, 0.2) is 16.9 Å². The molecule has 1 fully saturated rings. The summed E-state index contributed by atoms with van der Waals surface area (Å²) in [4.78, 5) is 32.9. The maximum Gasteiger partial charge on any atom is 0.252 e. The molecule has 0 radical (unpaired) electrons. The summed E-state index contributed by atoms with van der Waals surface area (Å²) >= 11 is 3.23. The summed E-state index contributed by atoms with van der Waals surface area (Å²) in [7, 11) is 0.